The largest absolute Gasteiger partial charge is 0.329 e. The van der Waals surface area contributed by atoms with E-state index in [0.717, 1.165) is 36.8 Å². The van der Waals surface area contributed by atoms with Crippen molar-refractivity contribution in [2.45, 2.75) is 40.2 Å². The molecular weight excluding hydrogens is 228 g/mol. The number of nitrogens with one attached hydrogen (secondary N) is 1. The first-order chi connectivity index (χ1) is 8.06. The number of rotatable bonds is 7. The van der Waals surface area contributed by atoms with Gasteiger partial charge in [0, 0.05) is 12.6 Å². The average Bonchev–Trinajstić information content (AvgIpc) is 2.76. The maximum Gasteiger partial charge on any atom is 0.0226 e. The van der Waals surface area contributed by atoms with Crippen LogP contribution in [0.25, 0.3) is 0 Å². The summed E-state index contributed by atoms with van der Waals surface area (Å²) in [6.45, 7) is 11.2. The van der Waals surface area contributed by atoms with Crippen LogP contribution in [0.3, 0.4) is 0 Å². The van der Waals surface area contributed by atoms with Crippen LogP contribution in [0.5, 0.6) is 0 Å². The molecule has 2 atom stereocenters. The van der Waals surface area contributed by atoms with E-state index in [1.807, 2.05) is 0 Å². The van der Waals surface area contributed by atoms with E-state index in [-0.39, 0.29) is 0 Å². The van der Waals surface area contributed by atoms with Gasteiger partial charge in [-0.05, 0) is 48.1 Å². The number of thioether (sulfide) groups is 1. The Morgan fingerprint density at radius 2 is 1.88 bits per heavy atom. The van der Waals surface area contributed by atoms with Gasteiger partial charge in [0.2, 0.25) is 0 Å². The van der Waals surface area contributed by atoms with Crippen LogP contribution in [-0.4, -0.2) is 30.6 Å². The van der Waals surface area contributed by atoms with Gasteiger partial charge in [-0.25, -0.2) is 0 Å². The summed E-state index contributed by atoms with van der Waals surface area (Å²) in [6.07, 6.45) is 1.34. The molecule has 1 aliphatic heterocycles. The van der Waals surface area contributed by atoms with Crippen molar-refractivity contribution < 1.29 is 0 Å². The predicted molar refractivity (Wildman–Crippen MR) is 79.4 cm³/mol. The lowest BCUT2D eigenvalue weighted by molar-refractivity contribution is 0.252. The molecule has 0 aromatic heterocycles. The highest BCUT2D eigenvalue weighted by Crippen LogP contribution is 2.26. The average molecular weight is 258 g/mol. The van der Waals surface area contributed by atoms with Gasteiger partial charge < -0.3 is 11.1 Å². The molecule has 0 saturated carbocycles. The summed E-state index contributed by atoms with van der Waals surface area (Å²) in [5, 5.41) is 3.74. The molecular formula is C14H30N2S. The summed E-state index contributed by atoms with van der Waals surface area (Å²) in [7, 11) is 0. The Morgan fingerprint density at radius 3 is 2.29 bits per heavy atom. The molecule has 1 rings (SSSR count). The molecule has 1 heterocycles. The Morgan fingerprint density at radius 1 is 1.24 bits per heavy atom. The van der Waals surface area contributed by atoms with Gasteiger partial charge in [0.15, 0.2) is 0 Å². The van der Waals surface area contributed by atoms with Crippen LogP contribution in [0.1, 0.15) is 34.1 Å². The summed E-state index contributed by atoms with van der Waals surface area (Å²) < 4.78 is 0. The lowest BCUT2D eigenvalue weighted by atomic mass is 9.85. The molecule has 0 aromatic carbocycles. The molecule has 0 aliphatic carbocycles. The van der Waals surface area contributed by atoms with Gasteiger partial charge in [-0.3, -0.25) is 0 Å². The Kier molecular flexibility index (Phi) is 6.90. The fraction of sp³-hybridized carbons (Fsp3) is 1.00. The molecule has 0 bridgehead atoms. The SMILES string of the molecule is CC(C)C(CNC(CN)C1CCSC1)C(C)C. The Hall–Kier alpha value is 0.270. The molecule has 102 valence electrons. The van der Waals surface area contributed by atoms with Gasteiger partial charge in [0.05, 0.1) is 0 Å². The first kappa shape index (κ1) is 15.3. The fourth-order valence-electron chi connectivity index (χ4n) is 2.84. The van der Waals surface area contributed by atoms with Crippen molar-refractivity contribution in [1.29, 1.82) is 0 Å². The molecule has 3 N–H and O–H groups in total. The molecule has 1 saturated heterocycles. The minimum atomic E-state index is 0.532. The smallest absolute Gasteiger partial charge is 0.0226 e. The second-order valence-electron chi connectivity index (χ2n) is 6.03. The highest BCUT2D eigenvalue weighted by molar-refractivity contribution is 7.99. The van der Waals surface area contributed by atoms with E-state index >= 15 is 0 Å². The zero-order valence-corrected chi connectivity index (χ0v) is 12.7. The van der Waals surface area contributed by atoms with Crippen LogP contribution in [-0.2, 0) is 0 Å². The Bertz CT molecular complexity index is 192. The van der Waals surface area contributed by atoms with Crippen LogP contribution >= 0.6 is 11.8 Å². The molecule has 2 nitrogen and oxygen atoms in total. The summed E-state index contributed by atoms with van der Waals surface area (Å²) in [5.74, 6) is 5.67. The second kappa shape index (κ2) is 7.65. The second-order valence-corrected chi connectivity index (χ2v) is 7.18. The van der Waals surface area contributed by atoms with Gasteiger partial charge in [0.25, 0.3) is 0 Å². The minimum Gasteiger partial charge on any atom is -0.329 e. The minimum absolute atomic E-state index is 0.532. The zero-order chi connectivity index (χ0) is 12.8. The summed E-state index contributed by atoms with van der Waals surface area (Å²) >= 11 is 2.08. The van der Waals surface area contributed by atoms with Crippen molar-refractivity contribution in [1.82, 2.24) is 5.32 Å². The van der Waals surface area contributed by atoms with Crippen LogP contribution in [0.15, 0.2) is 0 Å². The molecule has 0 spiro atoms. The monoisotopic (exact) mass is 258 g/mol. The topological polar surface area (TPSA) is 38.0 Å². The molecule has 2 unspecified atom stereocenters. The molecule has 1 aliphatic rings. The van der Waals surface area contributed by atoms with Crippen LogP contribution < -0.4 is 11.1 Å². The number of hydrogen-bond donors (Lipinski definition) is 2. The van der Waals surface area contributed by atoms with Gasteiger partial charge in [-0.2, -0.15) is 11.8 Å². The van der Waals surface area contributed by atoms with E-state index in [1.54, 1.807) is 0 Å². The highest BCUT2D eigenvalue weighted by Gasteiger charge is 2.25. The van der Waals surface area contributed by atoms with Gasteiger partial charge in [-0.15, -0.1) is 0 Å². The maximum absolute atomic E-state index is 5.92. The quantitative estimate of drug-likeness (QED) is 0.737. The Balaban J connectivity index is 2.39. The Labute approximate surface area is 111 Å². The van der Waals surface area contributed by atoms with Gasteiger partial charge >= 0.3 is 0 Å². The summed E-state index contributed by atoms with van der Waals surface area (Å²) in [6, 6.07) is 0.532. The highest BCUT2D eigenvalue weighted by atomic mass is 32.2. The third-order valence-corrected chi connectivity index (χ3v) is 5.30. The van der Waals surface area contributed by atoms with Crippen LogP contribution in [0.2, 0.25) is 0 Å². The van der Waals surface area contributed by atoms with Crippen molar-refractivity contribution in [3.8, 4) is 0 Å². The van der Waals surface area contributed by atoms with Crippen molar-refractivity contribution in [3.63, 3.8) is 0 Å². The fourth-order valence-corrected chi connectivity index (χ4v) is 4.18. The first-order valence-corrected chi connectivity index (χ1v) is 8.22. The predicted octanol–water partition coefficient (Wildman–Crippen LogP) is 2.58. The third kappa shape index (κ3) is 4.80. The summed E-state index contributed by atoms with van der Waals surface area (Å²) in [5.41, 5.74) is 5.92. The molecule has 1 fully saturated rings. The van der Waals surface area contributed by atoms with E-state index in [9.17, 15) is 0 Å². The lowest BCUT2D eigenvalue weighted by Gasteiger charge is -2.30. The third-order valence-electron chi connectivity index (χ3n) is 4.12. The van der Waals surface area contributed by atoms with Crippen LogP contribution in [0, 0.1) is 23.7 Å². The number of nitrogens with two attached hydrogens (primary N) is 1. The molecule has 0 radical (unpaired) electrons. The van der Waals surface area contributed by atoms with E-state index in [1.165, 1.54) is 17.9 Å². The van der Waals surface area contributed by atoms with Crippen molar-refractivity contribution in [2.75, 3.05) is 24.6 Å². The number of hydrogen-bond acceptors (Lipinski definition) is 3. The van der Waals surface area contributed by atoms with Crippen LogP contribution in [0.4, 0.5) is 0 Å². The first-order valence-electron chi connectivity index (χ1n) is 7.07. The van der Waals surface area contributed by atoms with Gasteiger partial charge in [-0.1, -0.05) is 27.7 Å². The van der Waals surface area contributed by atoms with E-state index in [0.29, 0.717) is 6.04 Å². The van der Waals surface area contributed by atoms with E-state index in [2.05, 4.69) is 44.8 Å². The van der Waals surface area contributed by atoms with Crippen molar-refractivity contribution in [3.05, 3.63) is 0 Å². The molecule has 0 aromatic rings. The molecule has 17 heavy (non-hydrogen) atoms. The van der Waals surface area contributed by atoms with Gasteiger partial charge in [0.1, 0.15) is 0 Å². The molecule has 3 heteroatoms. The molecule has 0 amide bonds. The van der Waals surface area contributed by atoms with Crippen molar-refractivity contribution in [2.24, 2.45) is 29.4 Å². The maximum atomic E-state index is 5.92. The lowest BCUT2D eigenvalue weighted by Crippen LogP contribution is -2.45. The standard InChI is InChI=1S/C14H30N2S/c1-10(2)13(11(3)4)8-16-14(7-15)12-5-6-17-9-12/h10-14,16H,5-9,15H2,1-4H3. The van der Waals surface area contributed by atoms with Crippen molar-refractivity contribution >= 4 is 11.8 Å². The zero-order valence-electron chi connectivity index (χ0n) is 11.9. The van der Waals surface area contributed by atoms with E-state index in [4.69, 9.17) is 5.73 Å². The normalized spacial score (nSPS) is 22.9. The van der Waals surface area contributed by atoms with E-state index < -0.39 is 0 Å². The summed E-state index contributed by atoms with van der Waals surface area (Å²) in [4.78, 5) is 0.